The van der Waals surface area contributed by atoms with E-state index in [0.717, 1.165) is 6.07 Å². The number of nitrogen functional groups attached to an aromatic ring is 1. The summed E-state index contributed by atoms with van der Waals surface area (Å²) < 4.78 is 52.9. The minimum Gasteiger partial charge on any atom is -0.383 e. The Morgan fingerprint density at radius 3 is 2.86 bits per heavy atom. The third kappa shape index (κ3) is 4.70. The van der Waals surface area contributed by atoms with Crippen LogP contribution in [0, 0.1) is 5.82 Å². The molecule has 1 amide bonds. The smallest absolute Gasteiger partial charge is 0.234 e. The summed E-state index contributed by atoms with van der Waals surface area (Å²) in [6, 6.07) is 2.36. The first-order chi connectivity index (χ1) is 13.7. The fourth-order valence-corrected chi connectivity index (χ4v) is 5.13. The molecular formula is C16H16ClF2N5O3S2. The lowest BCUT2D eigenvalue weighted by molar-refractivity contribution is -0.117. The van der Waals surface area contributed by atoms with E-state index in [1.165, 1.54) is 24.2 Å². The Labute approximate surface area is 174 Å². The van der Waals surface area contributed by atoms with Crippen LogP contribution in [0.15, 0.2) is 23.4 Å². The van der Waals surface area contributed by atoms with E-state index in [4.69, 9.17) is 17.3 Å². The third-order valence-electron chi connectivity index (χ3n) is 4.05. The molecule has 13 heteroatoms. The fourth-order valence-electron chi connectivity index (χ4n) is 2.66. The van der Waals surface area contributed by atoms with Crippen LogP contribution < -0.4 is 15.8 Å². The summed E-state index contributed by atoms with van der Waals surface area (Å²) in [5, 5.41) is 2.28. The molecule has 8 nitrogen and oxygen atoms in total. The lowest BCUT2D eigenvalue weighted by atomic mass is 10.1. The highest BCUT2D eigenvalue weighted by Gasteiger charge is 2.33. The van der Waals surface area contributed by atoms with Crippen LogP contribution in [0.5, 0.6) is 0 Å². The maximum Gasteiger partial charge on any atom is 0.234 e. The van der Waals surface area contributed by atoms with Crippen molar-refractivity contribution in [1.29, 1.82) is 0 Å². The van der Waals surface area contributed by atoms with Crippen LogP contribution in [0.3, 0.4) is 0 Å². The van der Waals surface area contributed by atoms with Gasteiger partial charge in [-0.25, -0.2) is 22.8 Å². The Kier molecular flexibility index (Phi) is 6.44. The first kappa shape index (κ1) is 21.5. The van der Waals surface area contributed by atoms with Crippen molar-refractivity contribution >= 4 is 56.5 Å². The Morgan fingerprint density at radius 2 is 2.14 bits per heavy atom. The molecule has 1 aromatic carbocycles. The predicted octanol–water partition coefficient (Wildman–Crippen LogP) is 2.78. The number of aromatic nitrogens is 2. The Morgan fingerprint density at radius 1 is 1.38 bits per heavy atom. The normalized spacial score (nSPS) is 15.8. The second kappa shape index (κ2) is 8.67. The van der Waals surface area contributed by atoms with Crippen LogP contribution in [0.4, 0.5) is 26.0 Å². The quantitative estimate of drug-likeness (QED) is 0.576. The van der Waals surface area contributed by atoms with Gasteiger partial charge < -0.3 is 11.1 Å². The van der Waals surface area contributed by atoms with Gasteiger partial charge in [-0.2, -0.15) is 0 Å². The number of anilines is 3. The Hall–Kier alpha value is -2.18. The number of fused-ring (bicyclic) bond motifs is 1. The molecule has 1 atom stereocenters. The van der Waals surface area contributed by atoms with E-state index in [9.17, 15) is 22.0 Å². The second-order valence-corrected chi connectivity index (χ2v) is 9.35. The van der Waals surface area contributed by atoms with Crippen LogP contribution in [-0.4, -0.2) is 42.5 Å². The maximum atomic E-state index is 14.8. The molecule has 1 unspecified atom stereocenters. The van der Waals surface area contributed by atoms with E-state index < -0.39 is 45.8 Å². The van der Waals surface area contributed by atoms with Gasteiger partial charge in [0.15, 0.2) is 5.82 Å². The SMILES string of the molecule is Nc1ncnc2c1SCC2C(=O)Nc1c(Cl)ccc(NS(=O)(=O)CCCF)c1F. The van der Waals surface area contributed by atoms with Gasteiger partial charge in [-0.05, 0) is 18.6 Å². The zero-order valence-electron chi connectivity index (χ0n) is 14.8. The number of carbonyl (C=O) groups excluding carboxylic acids is 1. The van der Waals surface area contributed by atoms with Crippen molar-refractivity contribution in [2.45, 2.75) is 17.2 Å². The van der Waals surface area contributed by atoms with Crippen LogP contribution in [-0.2, 0) is 14.8 Å². The summed E-state index contributed by atoms with van der Waals surface area (Å²) in [6.45, 7) is -0.819. The Bertz CT molecular complexity index is 1060. The molecule has 0 spiro atoms. The van der Waals surface area contributed by atoms with Gasteiger partial charge in [-0.15, -0.1) is 11.8 Å². The van der Waals surface area contributed by atoms with Gasteiger partial charge in [0.1, 0.15) is 12.1 Å². The van der Waals surface area contributed by atoms with E-state index in [2.05, 4.69) is 15.3 Å². The number of thioether (sulfide) groups is 1. The molecule has 0 fully saturated rings. The molecule has 0 bridgehead atoms. The molecule has 1 aliphatic heterocycles. The molecular weight excluding hydrogens is 448 g/mol. The molecule has 2 aromatic rings. The molecule has 3 rings (SSSR count). The minimum absolute atomic E-state index is 0.115. The summed E-state index contributed by atoms with van der Waals surface area (Å²) in [5.41, 5.74) is 5.43. The molecule has 4 N–H and O–H groups in total. The van der Waals surface area contributed by atoms with Gasteiger partial charge in [0.2, 0.25) is 15.9 Å². The van der Waals surface area contributed by atoms with E-state index in [-0.39, 0.29) is 22.9 Å². The first-order valence-electron chi connectivity index (χ1n) is 8.32. The Balaban J connectivity index is 1.83. The standard InChI is InChI=1S/C16H16ClF2N5O3S2/c17-9-2-3-10(24-29(26,27)5-1-4-18)11(19)13(9)23-16(25)8-6-28-14-12(8)21-7-22-15(14)20/h2-3,7-8,24H,1,4-6H2,(H,23,25)(H2,20,21,22). The number of nitrogens with zero attached hydrogens (tertiary/aromatic N) is 2. The van der Waals surface area contributed by atoms with Gasteiger partial charge in [-0.3, -0.25) is 13.9 Å². The number of alkyl halides is 1. The van der Waals surface area contributed by atoms with Crippen LogP contribution in [0.1, 0.15) is 18.0 Å². The highest BCUT2D eigenvalue weighted by molar-refractivity contribution is 7.99. The number of nitrogens with two attached hydrogens (primary N) is 1. The lowest BCUT2D eigenvalue weighted by Crippen LogP contribution is -2.23. The molecule has 0 radical (unpaired) electrons. The van der Waals surface area contributed by atoms with Crippen molar-refractivity contribution in [2.75, 3.05) is 34.0 Å². The van der Waals surface area contributed by atoms with Crippen LogP contribution in [0.2, 0.25) is 5.02 Å². The number of carbonyl (C=O) groups is 1. The largest absolute Gasteiger partial charge is 0.383 e. The second-order valence-electron chi connectivity index (χ2n) is 6.07. The summed E-state index contributed by atoms with van der Waals surface area (Å²) in [5.74, 6) is -2.26. The molecule has 156 valence electrons. The van der Waals surface area contributed by atoms with Gasteiger partial charge in [0, 0.05) is 5.75 Å². The fraction of sp³-hybridized carbons (Fsp3) is 0.312. The number of nitrogens with one attached hydrogen (secondary N) is 2. The molecule has 29 heavy (non-hydrogen) atoms. The van der Waals surface area contributed by atoms with Crippen molar-refractivity contribution in [2.24, 2.45) is 0 Å². The van der Waals surface area contributed by atoms with Crippen molar-refractivity contribution < 1.29 is 22.0 Å². The topological polar surface area (TPSA) is 127 Å². The van der Waals surface area contributed by atoms with Crippen molar-refractivity contribution in [1.82, 2.24) is 9.97 Å². The van der Waals surface area contributed by atoms with Crippen molar-refractivity contribution in [3.05, 3.63) is 35.0 Å². The first-order valence-corrected chi connectivity index (χ1v) is 11.3. The van der Waals surface area contributed by atoms with Gasteiger partial charge >= 0.3 is 0 Å². The van der Waals surface area contributed by atoms with E-state index >= 15 is 0 Å². The zero-order valence-corrected chi connectivity index (χ0v) is 17.2. The van der Waals surface area contributed by atoms with Gasteiger partial charge in [0.25, 0.3) is 0 Å². The predicted molar refractivity (Wildman–Crippen MR) is 108 cm³/mol. The average Bonchev–Trinajstić information content (AvgIpc) is 3.11. The molecule has 0 aliphatic carbocycles. The number of sulfonamides is 1. The highest BCUT2D eigenvalue weighted by atomic mass is 35.5. The monoisotopic (exact) mass is 463 g/mol. The summed E-state index contributed by atoms with van der Waals surface area (Å²) >= 11 is 7.31. The minimum atomic E-state index is -3.96. The van der Waals surface area contributed by atoms with Crippen molar-refractivity contribution in [3.8, 4) is 0 Å². The number of hydrogen-bond acceptors (Lipinski definition) is 7. The molecule has 1 aliphatic rings. The van der Waals surface area contributed by atoms with E-state index in [1.807, 2.05) is 4.72 Å². The molecule has 0 saturated carbocycles. The van der Waals surface area contributed by atoms with Gasteiger partial charge in [0.05, 0.1) is 45.3 Å². The summed E-state index contributed by atoms with van der Waals surface area (Å²) in [6.07, 6.45) is 1.01. The lowest BCUT2D eigenvalue weighted by Gasteiger charge is -2.15. The number of hydrogen-bond donors (Lipinski definition) is 3. The highest BCUT2D eigenvalue weighted by Crippen LogP contribution is 2.41. The number of halogens is 3. The molecule has 0 saturated heterocycles. The van der Waals surface area contributed by atoms with E-state index in [1.54, 1.807) is 0 Å². The third-order valence-corrected chi connectivity index (χ3v) is 6.93. The van der Waals surface area contributed by atoms with E-state index in [0.29, 0.717) is 16.3 Å². The summed E-state index contributed by atoms with van der Waals surface area (Å²) in [4.78, 5) is 21.2. The number of rotatable bonds is 7. The number of amides is 1. The molecule has 2 heterocycles. The zero-order chi connectivity index (χ0) is 21.2. The summed E-state index contributed by atoms with van der Waals surface area (Å²) in [7, 11) is -3.96. The van der Waals surface area contributed by atoms with Crippen LogP contribution >= 0.6 is 23.4 Å². The molecule has 1 aromatic heterocycles. The van der Waals surface area contributed by atoms with Crippen LogP contribution in [0.25, 0.3) is 0 Å². The number of benzene rings is 1. The van der Waals surface area contributed by atoms with Gasteiger partial charge in [-0.1, -0.05) is 11.6 Å². The maximum absolute atomic E-state index is 14.8. The van der Waals surface area contributed by atoms with Crippen molar-refractivity contribution in [3.63, 3.8) is 0 Å². The average molecular weight is 464 g/mol.